The molecular formula is C37H39Cl3O3. The van der Waals surface area contributed by atoms with Crippen LogP contribution in [-0.2, 0) is 25.7 Å². The van der Waals surface area contributed by atoms with Crippen molar-refractivity contribution < 1.29 is 15.3 Å². The predicted octanol–water partition coefficient (Wildman–Crippen LogP) is 10.2. The van der Waals surface area contributed by atoms with Crippen molar-refractivity contribution in [3.63, 3.8) is 0 Å². The summed E-state index contributed by atoms with van der Waals surface area (Å²) in [5.41, 5.74) is 5.71. The molecule has 0 bridgehead atoms. The van der Waals surface area contributed by atoms with Gasteiger partial charge in [-0.05, 0) is 111 Å². The fourth-order valence-electron chi connectivity index (χ4n) is 4.70. The summed E-state index contributed by atoms with van der Waals surface area (Å²) >= 11 is 17.7. The third-order valence-corrected chi connectivity index (χ3v) is 8.29. The molecule has 226 valence electrons. The van der Waals surface area contributed by atoms with Crippen molar-refractivity contribution >= 4 is 34.8 Å². The molecule has 1 aliphatic carbocycles. The Morgan fingerprint density at radius 2 is 1.26 bits per heavy atom. The largest absolute Gasteiger partial charge is 0.508 e. The molecule has 1 atom stereocenters. The molecule has 0 fully saturated rings. The minimum absolute atomic E-state index is 0.320. The van der Waals surface area contributed by atoms with Crippen molar-refractivity contribution in [1.29, 1.82) is 0 Å². The van der Waals surface area contributed by atoms with E-state index in [0.717, 1.165) is 53.0 Å². The fourth-order valence-corrected chi connectivity index (χ4v) is 5.20. The van der Waals surface area contributed by atoms with Gasteiger partial charge in [0.15, 0.2) is 0 Å². The lowest BCUT2D eigenvalue weighted by Gasteiger charge is -2.23. The van der Waals surface area contributed by atoms with Crippen molar-refractivity contribution in [2.75, 3.05) is 0 Å². The van der Waals surface area contributed by atoms with Crippen LogP contribution >= 0.6 is 34.8 Å². The van der Waals surface area contributed by atoms with Gasteiger partial charge in [0.1, 0.15) is 11.5 Å². The number of halogens is 3. The van der Waals surface area contributed by atoms with Gasteiger partial charge >= 0.3 is 0 Å². The summed E-state index contributed by atoms with van der Waals surface area (Å²) in [4.78, 5) is 0. The minimum Gasteiger partial charge on any atom is -0.508 e. The Balaban J connectivity index is 0.000000183. The summed E-state index contributed by atoms with van der Waals surface area (Å²) < 4.78 is 0. The third-order valence-electron chi connectivity index (χ3n) is 7.20. The van der Waals surface area contributed by atoms with Gasteiger partial charge in [-0.3, -0.25) is 0 Å². The van der Waals surface area contributed by atoms with Gasteiger partial charge in [0, 0.05) is 21.5 Å². The number of phenols is 2. The van der Waals surface area contributed by atoms with Crippen LogP contribution in [0.4, 0.5) is 0 Å². The zero-order valence-electron chi connectivity index (χ0n) is 24.8. The first kappa shape index (κ1) is 34.3. The number of hydrogen-bond donors (Lipinski definition) is 3. The SMILES string of the molecule is CC1=C(Cl)C=CC(C)(O)C1.Cc1c(Cl)ccc(O)c1CCc1ccccc1.Oc1ccc(Cl)cc1CCc1ccccc1. The molecule has 1 aliphatic rings. The van der Waals surface area contributed by atoms with E-state index in [-0.39, 0.29) is 0 Å². The van der Waals surface area contributed by atoms with E-state index in [1.54, 1.807) is 43.3 Å². The molecular weight excluding hydrogens is 599 g/mol. The number of aliphatic hydroxyl groups is 1. The number of phenolic OH excluding ortho intramolecular Hbond substituents is 2. The standard InChI is InChI=1S/C15H15ClO.C14H13ClO.C8H11ClO/c1-11-13(15(17)10-9-14(11)16)8-7-12-5-3-2-4-6-12;15-13-8-9-14(16)12(10-13)7-6-11-4-2-1-3-5-11;1-6-5-8(2,10)4-3-7(6)9/h2-6,9-10,17H,7-8H2,1H3;1-5,8-10,16H,6-7H2;3-4,10H,5H2,1-2H3. The number of aromatic hydroxyl groups is 2. The highest BCUT2D eigenvalue weighted by atomic mass is 35.5. The lowest BCUT2D eigenvalue weighted by molar-refractivity contribution is 0.110. The molecule has 0 amide bonds. The summed E-state index contributed by atoms with van der Waals surface area (Å²) in [6.07, 6.45) is 7.55. The summed E-state index contributed by atoms with van der Waals surface area (Å²) in [6, 6.07) is 29.0. The molecule has 0 radical (unpaired) electrons. The molecule has 3 nitrogen and oxygen atoms in total. The number of hydrogen-bond acceptors (Lipinski definition) is 3. The molecule has 0 aliphatic heterocycles. The molecule has 4 aromatic rings. The molecule has 43 heavy (non-hydrogen) atoms. The molecule has 0 saturated carbocycles. The highest BCUT2D eigenvalue weighted by molar-refractivity contribution is 6.32. The molecule has 6 heteroatoms. The predicted molar refractivity (Wildman–Crippen MR) is 182 cm³/mol. The van der Waals surface area contributed by atoms with Crippen molar-refractivity contribution in [1.82, 2.24) is 0 Å². The first-order valence-corrected chi connectivity index (χ1v) is 15.4. The maximum Gasteiger partial charge on any atom is 0.119 e. The lowest BCUT2D eigenvalue weighted by Crippen LogP contribution is -2.23. The van der Waals surface area contributed by atoms with Crippen LogP contribution in [0.15, 0.2) is 114 Å². The lowest BCUT2D eigenvalue weighted by atomic mass is 9.93. The molecule has 4 aromatic carbocycles. The highest BCUT2D eigenvalue weighted by Gasteiger charge is 2.21. The molecule has 0 aromatic heterocycles. The second kappa shape index (κ2) is 16.6. The van der Waals surface area contributed by atoms with Gasteiger partial charge in [-0.15, -0.1) is 0 Å². The summed E-state index contributed by atoms with van der Waals surface area (Å²) in [5, 5.41) is 31.1. The smallest absolute Gasteiger partial charge is 0.119 e. The van der Waals surface area contributed by atoms with Gasteiger partial charge < -0.3 is 15.3 Å². The maximum absolute atomic E-state index is 9.84. The van der Waals surface area contributed by atoms with Crippen LogP contribution < -0.4 is 0 Å². The monoisotopic (exact) mass is 636 g/mol. The summed E-state index contributed by atoms with van der Waals surface area (Å²) in [6.45, 7) is 5.65. The second-order valence-corrected chi connectivity index (χ2v) is 12.2. The van der Waals surface area contributed by atoms with Gasteiger partial charge in [-0.2, -0.15) is 0 Å². The zero-order valence-corrected chi connectivity index (χ0v) is 27.1. The minimum atomic E-state index is -0.692. The van der Waals surface area contributed by atoms with Crippen LogP contribution in [0.25, 0.3) is 0 Å². The Labute approximate surface area is 270 Å². The van der Waals surface area contributed by atoms with Crippen LogP contribution in [0.3, 0.4) is 0 Å². The zero-order chi connectivity index (χ0) is 31.4. The van der Waals surface area contributed by atoms with Gasteiger partial charge in [0.05, 0.1) is 5.60 Å². The highest BCUT2D eigenvalue weighted by Crippen LogP contribution is 2.29. The fraction of sp³-hybridized carbons (Fsp3) is 0.243. The number of benzene rings is 4. The van der Waals surface area contributed by atoms with Crippen LogP contribution in [0.2, 0.25) is 10.0 Å². The van der Waals surface area contributed by atoms with Gasteiger partial charge in [0.2, 0.25) is 0 Å². The topological polar surface area (TPSA) is 60.7 Å². The van der Waals surface area contributed by atoms with Crippen molar-refractivity contribution in [3.05, 3.63) is 152 Å². The molecule has 0 heterocycles. The van der Waals surface area contributed by atoms with Crippen LogP contribution in [0.5, 0.6) is 11.5 Å². The van der Waals surface area contributed by atoms with E-state index in [2.05, 4.69) is 24.3 Å². The normalized spacial score (nSPS) is 15.7. The number of rotatable bonds is 6. The molecule has 3 N–H and O–H groups in total. The van der Waals surface area contributed by atoms with Crippen molar-refractivity contribution in [2.45, 2.75) is 58.5 Å². The van der Waals surface area contributed by atoms with E-state index in [9.17, 15) is 15.3 Å². The van der Waals surface area contributed by atoms with Gasteiger partial charge in [-0.25, -0.2) is 0 Å². The third kappa shape index (κ3) is 11.4. The van der Waals surface area contributed by atoms with Crippen LogP contribution in [0, 0.1) is 6.92 Å². The maximum atomic E-state index is 9.84. The van der Waals surface area contributed by atoms with E-state index in [0.29, 0.717) is 28.0 Å². The van der Waals surface area contributed by atoms with Crippen molar-refractivity contribution in [2.24, 2.45) is 0 Å². The van der Waals surface area contributed by atoms with Crippen molar-refractivity contribution in [3.8, 4) is 11.5 Å². The van der Waals surface area contributed by atoms with Gasteiger partial charge in [-0.1, -0.05) is 107 Å². The average molecular weight is 638 g/mol. The van der Waals surface area contributed by atoms with E-state index >= 15 is 0 Å². The summed E-state index contributed by atoms with van der Waals surface area (Å²) in [7, 11) is 0. The van der Waals surface area contributed by atoms with Crippen LogP contribution in [0.1, 0.15) is 48.1 Å². The molecule has 0 spiro atoms. The Morgan fingerprint density at radius 1 is 0.698 bits per heavy atom. The number of aryl methyl sites for hydroxylation is 3. The molecule has 0 saturated heterocycles. The first-order valence-electron chi connectivity index (χ1n) is 14.2. The Hall–Kier alpha value is -3.21. The Bertz CT molecular complexity index is 1530. The average Bonchev–Trinajstić information content (AvgIpc) is 2.99. The van der Waals surface area contributed by atoms with Gasteiger partial charge in [0.25, 0.3) is 0 Å². The Morgan fingerprint density at radius 3 is 1.81 bits per heavy atom. The molecule has 5 rings (SSSR count). The summed E-state index contributed by atoms with van der Waals surface area (Å²) in [5.74, 6) is 0.656. The first-order chi connectivity index (χ1) is 20.4. The van der Waals surface area contributed by atoms with E-state index in [1.807, 2.05) is 56.3 Å². The van der Waals surface area contributed by atoms with Crippen LogP contribution in [-0.4, -0.2) is 20.9 Å². The number of allylic oxidation sites excluding steroid dienone is 2. The molecule has 1 unspecified atom stereocenters. The Kier molecular flexibility index (Phi) is 13.2. The van der Waals surface area contributed by atoms with E-state index in [1.165, 1.54) is 11.1 Å². The van der Waals surface area contributed by atoms with E-state index in [4.69, 9.17) is 34.8 Å². The second-order valence-electron chi connectivity index (χ2n) is 10.9. The van der Waals surface area contributed by atoms with E-state index < -0.39 is 5.60 Å². The quantitative estimate of drug-likeness (QED) is 0.197.